The van der Waals surface area contributed by atoms with Gasteiger partial charge in [-0.2, -0.15) is 0 Å². The Morgan fingerprint density at radius 3 is 2.62 bits per heavy atom. The quantitative estimate of drug-likeness (QED) is 0.251. The summed E-state index contributed by atoms with van der Waals surface area (Å²) in [6.45, 7) is 9.75. The van der Waals surface area contributed by atoms with Crippen LogP contribution in [0.15, 0.2) is 60.7 Å². The van der Waals surface area contributed by atoms with E-state index in [1.54, 1.807) is 7.11 Å². The Morgan fingerprint density at radius 2 is 1.82 bits per heavy atom. The molecule has 0 radical (unpaired) electrons. The van der Waals surface area contributed by atoms with Crippen molar-refractivity contribution in [3.63, 3.8) is 0 Å². The predicted molar refractivity (Wildman–Crippen MR) is 164 cm³/mol. The molecule has 0 saturated carbocycles. The Kier molecular flexibility index (Phi) is 9.21. The number of phenolic OH excluding ortho intramolecular Hbond substituents is 1. The SMILES string of the molecule is COc1ccc([C@@H]2CCc3cc(O)ccc3C2)c(NCCCc2ccc(OCCN3CCCC(C)(C)C3)cc2)c1. The average molecular weight is 543 g/mol. The van der Waals surface area contributed by atoms with Crippen molar-refractivity contribution in [3.8, 4) is 17.2 Å². The maximum absolute atomic E-state index is 9.85. The van der Waals surface area contributed by atoms with Gasteiger partial charge in [-0.25, -0.2) is 0 Å². The number of nitrogens with zero attached hydrogens (tertiary/aromatic N) is 1. The van der Waals surface area contributed by atoms with Crippen LogP contribution < -0.4 is 14.8 Å². The Morgan fingerprint density at radius 1 is 1.00 bits per heavy atom. The third-order valence-corrected chi connectivity index (χ3v) is 8.66. The molecule has 0 spiro atoms. The highest BCUT2D eigenvalue weighted by Gasteiger charge is 2.26. The summed E-state index contributed by atoms with van der Waals surface area (Å²) in [5, 5.41) is 13.6. The van der Waals surface area contributed by atoms with Crippen LogP contribution in [0.25, 0.3) is 0 Å². The van der Waals surface area contributed by atoms with Gasteiger partial charge in [0.2, 0.25) is 0 Å². The highest BCUT2D eigenvalue weighted by atomic mass is 16.5. The standard InChI is InChI=1S/C35H46N2O3/c1-35(2)17-5-19-37(25-35)20-21-40-31-13-7-26(8-14-31)6-4-18-36-34-24-32(39-3)15-16-33(34)29-10-9-28-23-30(38)12-11-27(28)22-29/h7-8,11-16,23-24,29,36,38H,4-6,9-10,17-22,25H2,1-3H3/t29-/m1/s1. The molecule has 5 rings (SSSR count). The number of benzene rings is 3. The van der Waals surface area contributed by atoms with Gasteiger partial charge in [0.15, 0.2) is 0 Å². The van der Waals surface area contributed by atoms with Gasteiger partial charge < -0.3 is 19.9 Å². The van der Waals surface area contributed by atoms with Crippen molar-refractivity contribution in [2.75, 3.05) is 45.2 Å². The van der Waals surface area contributed by atoms with Crippen LogP contribution >= 0.6 is 0 Å². The minimum absolute atomic E-state index is 0.364. The number of anilines is 1. The van der Waals surface area contributed by atoms with Crippen molar-refractivity contribution < 1.29 is 14.6 Å². The summed E-state index contributed by atoms with van der Waals surface area (Å²) in [6, 6.07) is 20.9. The van der Waals surface area contributed by atoms with Gasteiger partial charge in [0.25, 0.3) is 0 Å². The largest absolute Gasteiger partial charge is 0.508 e. The molecule has 2 aliphatic rings. The lowest BCUT2D eigenvalue weighted by molar-refractivity contribution is 0.102. The maximum Gasteiger partial charge on any atom is 0.120 e. The van der Waals surface area contributed by atoms with Crippen LogP contribution in [0, 0.1) is 5.41 Å². The van der Waals surface area contributed by atoms with E-state index in [1.807, 2.05) is 12.1 Å². The highest BCUT2D eigenvalue weighted by Crippen LogP contribution is 2.38. The molecule has 0 unspecified atom stereocenters. The number of hydrogen-bond acceptors (Lipinski definition) is 5. The van der Waals surface area contributed by atoms with Crippen molar-refractivity contribution >= 4 is 5.69 Å². The van der Waals surface area contributed by atoms with E-state index in [2.05, 4.69) is 72.6 Å². The van der Waals surface area contributed by atoms with Crippen LogP contribution in [0.4, 0.5) is 5.69 Å². The van der Waals surface area contributed by atoms with E-state index in [9.17, 15) is 5.11 Å². The third-order valence-electron chi connectivity index (χ3n) is 8.66. The lowest BCUT2D eigenvalue weighted by atomic mass is 9.79. The van der Waals surface area contributed by atoms with Gasteiger partial charge in [-0.1, -0.05) is 38.1 Å². The first-order valence-electron chi connectivity index (χ1n) is 15.1. The maximum atomic E-state index is 9.85. The molecule has 1 heterocycles. The number of phenols is 1. The summed E-state index contributed by atoms with van der Waals surface area (Å²) >= 11 is 0. The Hall–Kier alpha value is -3.18. The lowest BCUT2D eigenvalue weighted by Crippen LogP contribution is -2.41. The number of rotatable bonds is 11. The molecular weight excluding hydrogens is 496 g/mol. The number of hydrogen-bond donors (Lipinski definition) is 2. The van der Waals surface area contributed by atoms with Gasteiger partial charge in [-0.15, -0.1) is 0 Å². The first-order valence-corrected chi connectivity index (χ1v) is 15.1. The molecule has 3 aromatic carbocycles. The van der Waals surface area contributed by atoms with E-state index in [4.69, 9.17) is 9.47 Å². The molecule has 214 valence electrons. The first-order chi connectivity index (χ1) is 19.4. The summed E-state index contributed by atoms with van der Waals surface area (Å²) in [4.78, 5) is 2.54. The molecule has 1 aliphatic heterocycles. The predicted octanol–water partition coefficient (Wildman–Crippen LogP) is 7.22. The van der Waals surface area contributed by atoms with E-state index in [-0.39, 0.29) is 0 Å². The van der Waals surface area contributed by atoms with Crippen molar-refractivity contribution in [1.29, 1.82) is 0 Å². The second kappa shape index (κ2) is 13.0. The van der Waals surface area contributed by atoms with Crippen LogP contribution in [-0.2, 0) is 19.3 Å². The Bertz CT molecular complexity index is 1250. The number of aryl methyl sites for hydroxylation is 2. The van der Waals surface area contributed by atoms with E-state index >= 15 is 0 Å². The smallest absolute Gasteiger partial charge is 0.120 e. The molecule has 1 fully saturated rings. The van der Waals surface area contributed by atoms with Crippen LogP contribution in [0.2, 0.25) is 0 Å². The van der Waals surface area contributed by atoms with Gasteiger partial charge in [0.05, 0.1) is 7.11 Å². The number of piperidine rings is 1. The summed E-state index contributed by atoms with van der Waals surface area (Å²) in [7, 11) is 1.73. The molecule has 0 bridgehead atoms. The average Bonchev–Trinajstić information content (AvgIpc) is 2.95. The molecule has 0 aromatic heterocycles. The van der Waals surface area contributed by atoms with Crippen LogP contribution in [0.1, 0.15) is 67.7 Å². The molecule has 1 atom stereocenters. The topological polar surface area (TPSA) is 54.0 Å². The van der Waals surface area contributed by atoms with Crippen molar-refractivity contribution in [1.82, 2.24) is 4.90 Å². The normalized spacial score (nSPS) is 18.6. The zero-order chi connectivity index (χ0) is 28.0. The number of fused-ring (bicyclic) bond motifs is 1. The second-order valence-corrected chi connectivity index (χ2v) is 12.4. The fourth-order valence-corrected chi connectivity index (χ4v) is 6.47. The van der Waals surface area contributed by atoms with E-state index < -0.39 is 0 Å². The number of ether oxygens (including phenoxy) is 2. The van der Waals surface area contributed by atoms with Gasteiger partial charge in [0, 0.05) is 31.4 Å². The molecule has 1 saturated heterocycles. The summed E-state index contributed by atoms with van der Waals surface area (Å²) in [5.74, 6) is 2.66. The van der Waals surface area contributed by atoms with Gasteiger partial charge in [0.1, 0.15) is 23.9 Å². The molecule has 5 nitrogen and oxygen atoms in total. The number of methoxy groups -OCH3 is 1. The fraction of sp³-hybridized carbons (Fsp3) is 0.486. The van der Waals surface area contributed by atoms with Gasteiger partial charge in [-0.3, -0.25) is 4.90 Å². The lowest BCUT2D eigenvalue weighted by Gasteiger charge is -2.37. The van der Waals surface area contributed by atoms with Crippen LogP contribution in [-0.4, -0.2) is 49.9 Å². The van der Waals surface area contributed by atoms with Crippen LogP contribution in [0.5, 0.6) is 17.2 Å². The number of likely N-dealkylation sites (tertiary alicyclic amines) is 1. The van der Waals surface area contributed by atoms with E-state index in [1.165, 1.54) is 53.9 Å². The molecule has 5 heteroatoms. The van der Waals surface area contributed by atoms with Crippen LogP contribution in [0.3, 0.4) is 0 Å². The minimum Gasteiger partial charge on any atom is -0.508 e. The molecular formula is C35H46N2O3. The van der Waals surface area contributed by atoms with E-state index in [0.29, 0.717) is 17.1 Å². The molecule has 1 aliphatic carbocycles. The Labute approximate surface area is 240 Å². The fourth-order valence-electron chi connectivity index (χ4n) is 6.47. The zero-order valence-corrected chi connectivity index (χ0v) is 24.5. The molecule has 0 amide bonds. The molecule has 3 aromatic rings. The second-order valence-electron chi connectivity index (χ2n) is 12.4. The monoisotopic (exact) mass is 542 g/mol. The zero-order valence-electron chi connectivity index (χ0n) is 24.5. The Balaban J connectivity index is 1.10. The summed E-state index contributed by atoms with van der Waals surface area (Å²) in [5.41, 5.74) is 6.92. The number of nitrogens with one attached hydrogen (secondary N) is 1. The summed E-state index contributed by atoms with van der Waals surface area (Å²) in [6.07, 6.45) is 7.77. The van der Waals surface area contributed by atoms with Crippen molar-refractivity contribution in [2.45, 2.75) is 64.7 Å². The summed E-state index contributed by atoms with van der Waals surface area (Å²) < 4.78 is 11.6. The van der Waals surface area contributed by atoms with E-state index in [0.717, 1.165) is 63.3 Å². The number of aromatic hydroxyl groups is 1. The first kappa shape index (κ1) is 28.4. The van der Waals surface area contributed by atoms with Gasteiger partial charge in [-0.05, 0) is 115 Å². The molecule has 40 heavy (non-hydrogen) atoms. The van der Waals surface area contributed by atoms with Crippen molar-refractivity contribution in [2.24, 2.45) is 5.41 Å². The van der Waals surface area contributed by atoms with Crippen molar-refractivity contribution in [3.05, 3.63) is 82.9 Å². The highest BCUT2D eigenvalue weighted by molar-refractivity contribution is 5.57. The van der Waals surface area contributed by atoms with Gasteiger partial charge >= 0.3 is 0 Å². The minimum atomic E-state index is 0.364. The third kappa shape index (κ3) is 7.51. The molecule has 2 N–H and O–H groups in total.